The van der Waals surface area contributed by atoms with Crippen LogP contribution in [0.25, 0.3) is 0 Å². The van der Waals surface area contributed by atoms with Gasteiger partial charge in [0.15, 0.2) is 11.6 Å². The third kappa shape index (κ3) is 3.83. The summed E-state index contributed by atoms with van der Waals surface area (Å²) in [6.07, 6.45) is 5.33. The molecule has 0 spiro atoms. The summed E-state index contributed by atoms with van der Waals surface area (Å²) in [5.74, 6) is 2.74. The van der Waals surface area contributed by atoms with Gasteiger partial charge in [-0.2, -0.15) is 0 Å². The van der Waals surface area contributed by atoms with E-state index in [-0.39, 0.29) is 0 Å². The van der Waals surface area contributed by atoms with Crippen LogP contribution in [-0.4, -0.2) is 38.3 Å². The Morgan fingerprint density at radius 3 is 2.89 bits per heavy atom. The monoisotopic (exact) mass is 263 g/mol. The molecular formula is C15H25N3O. The van der Waals surface area contributed by atoms with Crippen molar-refractivity contribution in [1.29, 1.82) is 0 Å². The summed E-state index contributed by atoms with van der Waals surface area (Å²) in [6.45, 7) is 6.15. The van der Waals surface area contributed by atoms with E-state index >= 15 is 0 Å². The van der Waals surface area contributed by atoms with Gasteiger partial charge in [0.05, 0.1) is 6.61 Å². The summed E-state index contributed by atoms with van der Waals surface area (Å²) in [5.41, 5.74) is 0. The Kier molecular flexibility index (Phi) is 5.45. The van der Waals surface area contributed by atoms with Crippen molar-refractivity contribution in [2.75, 3.05) is 38.2 Å². The molecule has 19 heavy (non-hydrogen) atoms. The number of rotatable bonds is 6. The van der Waals surface area contributed by atoms with E-state index in [1.165, 1.54) is 12.8 Å². The largest absolute Gasteiger partial charge is 0.490 e. The normalized spacial score (nSPS) is 16.6. The van der Waals surface area contributed by atoms with Crippen LogP contribution in [0.15, 0.2) is 18.3 Å². The number of ether oxygens (including phenoxy) is 1. The van der Waals surface area contributed by atoms with Crippen LogP contribution in [0.3, 0.4) is 0 Å². The quantitative estimate of drug-likeness (QED) is 0.854. The van der Waals surface area contributed by atoms with Crippen molar-refractivity contribution < 1.29 is 4.74 Å². The van der Waals surface area contributed by atoms with Gasteiger partial charge in [-0.1, -0.05) is 6.92 Å². The SMILES string of the molecule is CCCOc1cccnc1N1CCC(CNC)CC1. The molecule has 1 aliphatic heterocycles. The van der Waals surface area contributed by atoms with Crippen molar-refractivity contribution in [1.82, 2.24) is 10.3 Å². The highest BCUT2D eigenvalue weighted by molar-refractivity contribution is 5.52. The summed E-state index contributed by atoms with van der Waals surface area (Å²) in [5, 5.41) is 3.27. The molecule has 0 saturated carbocycles. The third-order valence-corrected chi connectivity index (χ3v) is 3.62. The Hall–Kier alpha value is -1.29. The first kappa shape index (κ1) is 14.1. The zero-order valence-corrected chi connectivity index (χ0v) is 12.1. The molecule has 0 amide bonds. The number of hydrogen-bond acceptors (Lipinski definition) is 4. The first-order valence-electron chi connectivity index (χ1n) is 7.32. The molecule has 0 unspecified atom stereocenters. The second-order valence-electron chi connectivity index (χ2n) is 5.16. The molecule has 2 heterocycles. The van der Waals surface area contributed by atoms with Crippen LogP contribution in [0.5, 0.6) is 5.75 Å². The Morgan fingerprint density at radius 2 is 2.21 bits per heavy atom. The van der Waals surface area contributed by atoms with Gasteiger partial charge in [-0.05, 0) is 50.9 Å². The number of piperidine rings is 1. The van der Waals surface area contributed by atoms with Crippen LogP contribution in [0, 0.1) is 5.92 Å². The third-order valence-electron chi connectivity index (χ3n) is 3.62. The van der Waals surface area contributed by atoms with Gasteiger partial charge in [0.2, 0.25) is 0 Å². The number of hydrogen-bond donors (Lipinski definition) is 1. The minimum atomic E-state index is 0.759. The lowest BCUT2D eigenvalue weighted by Gasteiger charge is -2.33. The van der Waals surface area contributed by atoms with E-state index < -0.39 is 0 Å². The fourth-order valence-electron chi connectivity index (χ4n) is 2.58. The lowest BCUT2D eigenvalue weighted by molar-refractivity contribution is 0.314. The average molecular weight is 263 g/mol. The molecule has 0 aromatic carbocycles. The zero-order chi connectivity index (χ0) is 13.5. The maximum absolute atomic E-state index is 5.80. The van der Waals surface area contributed by atoms with Crippen molar-refractivity contribution in [3.63, 3.8) is 0 Å². The molecular weight excluding hydrogens is 238 g/mol. The molecule has 1 aliphatic rings. The van der Waals surface area contributed by atoms with Gasteiger partial charge in [-0.15, -0.1) is 0 Å². The molecule has 4 heteroatoms. The predicted octanol–water partition coefficient (Wildman–Crippen LogP) is 2.31. The summed E-state index contributed by atoms with van der Waals surface area (Å²) in [7, 11) is 2.03. The smallest absolute Gasteiger partial charge is 0.171 e. The van der Waals surface area contributed by atoms with Crippen LogP contribution >= 0.6 is 0 Å². The molecule has 0 radical (unpaired) electrons. The maximum atomic E-state index is 5.80. The van der Waals surface area contributed by atoms with Gasteiger partial charge in [0.1, 0.15) is 0 Å². The zero-order valence-electron chi connectivity index (χ0n) is 12.1. The average Bonchev–Trinajstić information content (AvgIpc) is 2.47. The standard InChI is InChI=1S/C15H25N3O/c1-3-11-19-14-5-4-8-17-15(14)18-9-6-13(7-10-18)12-16-2/h4-5,8,13,16H,3,6-7,9-12H2,1-2H3. The van der Waals surface area contributed by atoms with Crippen LogP contribution in [0.1, 0.15) is 26.2 Å². The molecule has 1 saturated heterocycles. The molecule has 0 aliphatic carbocycles. The van der Waals surface area contributed by atoms with E-state index in [0.29, 0.717) is 0 Å². The van der Waals surface area contributed by atoms with Crippen molar-refractivity contribution in [2.45, 2.75) is 26.2 Å². The molecule has 1 aromatic heterocycles. The van der Waals surface area contributed by atoms with E-state index in [0.717, 1.165) is 50.1 Å². The van der Waals surface area contributed by atoms with E-state index in [2.05, 4.69) is 22.1 Å². The van der Waals surface area contributed by atoms with E-state index in [4.69, 9.17) is 4.74 Å². The van der Waals surface area contributed by atoms with Crippen molar-refractivity contribution in [3.8, 4) is 5.75 Å². The molecule has 1 N–H and O–H groups in total. The topological polar surface area (TPSA) is 37.4 Å². The van der Waals surface area contributed by atoms with Gasteiger partial charge in [0.25, 0.3) is 0 Å². The van der Waals surface area contributed by atoms with Gasteiger partial charge in [-0.3, -0.25) is 0 Å². The Bertz CT molecular complexity index is 375. The molecule has 106 valence electrons. The molecule has 1 fully saturated rings. The van der Waals surface area contributed by atoms with Gasteiger partial charge in [0, 0.05) is 19.3 Å². The summed E-state index contributed by atoms with van der Waals surface area (Å²) >= 11 is 0. The van der Waals surface area contributed by atoms with E-state index in [9.17, 15) is 0 Å². The second kappa shape index (κ2) is 7.34. The lowest BCUT2D eigenvalue weighted by Crippen LogP contribution is -2.37. The first-order chi connectivity index (χ1) is 9.35. The molecule has 1 aromatic rings. The second-order valence-corrected chi connectivity index (χ2v) is 5.16. The Balaban J connectivity index is 1.98. The number of aromatic nitrogens is 1. The highest BCUT2D eigenvalue weighted by atomic mass is 16.5. The Labute approximate surface area is 116 Å². The van der Waals surface area contributed by atoms with Crippen molar-refractivity contribution in [3.05, 3.63) is 18.3 Å². The molecule has 0 atom stereocenters. The Morgan fingerprint density at radius 1 is 1.42 bits per heavy atom. The van der Waals surface area contributed by atoms with E-state index in [1.54, 1.807) is 0 Å². The lowest BCUT2D eigenvalue weighted by atomic mass is 9.97. The maximum Gasteiger partial charge on any atom is 0.171 e. The highest BCUT2D eigenvalue weighted by Crippen LogP contribution is 2.29. The van der Waals surface area contributed by atoms with Crippen molar-refractivity contribution in [2.24, 2.45) is 5.92 Å². The van der Waals surface area contributed by atoms with Crippen LogP contribution in [0.4, 0.5) is 5.82 Å². The summed E-state index contributed by atoms with van der Waals surface area (Å²) < 4.78 is 5.80. The number of pyridine rings is 1. The highest BCUT2D eigenvalue weighted by Gasteiger charge is 2.21. The van der Waals surface area contributed by atoms with Gasteiger partial charge < -0.3 is 15.0 Å². The minimum absolute atomic E-state index is 0.759. The first-order valence-corrected chi connectivity index (χ1v) is 7.32. The van der Waals surface area contributed by atoms with Gasteiger partial charge >= 0.3 is 0 Å². The van der Waals surface area contributed by atoms with Crippen LogP contribution in [-0.2, 0) is 0 Å². The summed E-state index contributed by atoms with van der Waals surface area (Å²) in [4.78, 5) is 6.87. The number of nitrogens with one attached hydrogen (secondary N) is 1. The molecule has 2 rings (SSSR count). The number of anilines is 1. The fourth-order valence-corrected chi connectivity index (χ4v) is 2.58. The van der Waals surface area contributed by atoms with Crippen LogP contribution in [0.2, 0.25) is 0 Å². The minimum Gasteiger partial charge on any atom is -0.490 e. The number of nitrogens with zero attached hydrogens (tertiary/aromatic N) is 2. The van der Waals surface area contributed by atoms with Gasteiger partial charge in [-0.25, -0.2) is 4.98 Å². The fraction of sp³-hybridized carbons (Fsp3) is 0.667. The van der Waals surface area contributed by atoms with Crippen molar-refractivity contribution >= 4 is 5.82 Å². The summed E-state index contributed by atoms with van der Waals surface area (Å²) in [6, 6.07) is 3.97. The molecule has 4 nitrogen and oxygen atoms in total. The van der Waals surface area contributed by atoms with Crippen LogP contribution < -0.4 is 15.0 Å². The van der Waals surface area contributed by atoms with E-state index in [1.807, 2.05) is 25.4 Å². The molecule has 0 bridgehead atoms. The predicted molar refractivity (Wildman–Crippen MR) is 78.9 cm³/mol.